The minimum Gasteiger partial charge on any atom is -0.508 e. The third kappa shape index (κ3) is 4.47. The first-order valence-electron chi connectivity index (χ1n) is 8.07. The summed E-state index contributed by atoms with van der Waals surface area (Å²) in [5, 5.41) is 9.52. The molecule has 3 rings (SSSR count). The molecule has 0 bridgehead atoms. The van der Waals surface area contributed by atoms with E-state index in [4.69, 9.17) is 0 Å². The Kier molecular flexibility index (Phi) is 5.26. The van der Waals surface area contributed by atoms with E-state index in [0.717, 1.165) is 5.56 Å². The van der Waals surface area contributed by atoms with Crippen LogP contribution in [-0.4, -0.2) is 5.11 Å². The fourth-order valence-electron chi connectivity index (χ4n) is 2.54. The Balaban J connectivity index is 1.87. The maximum Gasteiger partial charge on any atom is 0.115 e. The van der Waals surface area contributed by atoms with Crippen LogP contribution in [-0.2, 0) is 0 Å². The maximum atomic E-state index is 9.52. The Hall–Kier alpha value is -3.06. The number of allylic oxidation sites excluding steroid dienone is 2. The van der Waals surface area contributed by atoms with Crippen molar-refractivity contribution in [3.05, 3.63) is 114 Å². The van der Waals surface area contributed by atoms with E-state index in [1.54, 1.807) is 12.1 Å². The minimum absolute atomic E-state index is 0.144. The van der Waals surface area contributed by atoms with E-state index in [0.29, 0.717) is 0 Å². The highest BCUT2D eigenvalue weighted by Gasteiger charge is 2.04. The second-order valence-corrected chi connectivity index (χ2v) is 5.66. The first-order valence-corrected chi connectivity index (χ1v) is 8.07. The van der Waals surface area contributed by atoms with Crippen LogP contribution in [0.4, 0.5) is 0 Å². The van der Waals surface area contributed by atoms with Gasteiger partial charge in [-0.15, -0.1) is 0 Å². The monoisotopic (exact) mass is 312 g/mol. The van der Waals surface area contributed by atoms with Crippen LogP contribution in [0.25, 0.3) is 12.2 Å². The van der Waals surface area contributed by atoms with Crippen LogP contribution >= 0.6 is 0 Å². The van der Waals surface area contributed by atoms with Crippen LogP contribution in [0, 0.1) is 0 Å². The molecule has 0 atom stereocenters. The summed E-state index contributed by atoms with van der Waals surface area (Å²) in [5.41, 5.74) is 3.50. The molecule has 0 unspecified atom stereocenters. The zero-order valence-corrected chi connectivity index (χ0v) is 13.4. The van der Waals surface area contributed by atoms with Gasteiger partial charge >= 0.3 is 0 Å². The van der Waals surface area contributed by atoms with Gasteiger partial charge in [0.05, 0.1) is 0 Å². The summed E-state index contributed by atoms with van der Waals surface area (Å²) < 4.78 is 0. The van der Waals surface area contributed by atoms with Gasteiger partial charge in [0.2, 0.25) is 0 Å². The van der Waals surface area contributed by atoms with E-state index in [9.17, 15) is 5.11 Å². The number of benzene rings is 3. The Labute approximate surface area is 143 Å². The first-order chi connectivity index (χ1) is 11.8. The molecule has 0 aliphatic carbocycles. The second kappa shape index (κ2) is 7.98. The second-order valence-electron chi connectivity index (χ2n) is 5.66. The summed E-state index contributed by atoms with van der Waals surface area (Å²) in [6, 6.07) is 27.9. The normalized spacial score (nSPS) is 12.7. The predicted octanol–water partition coefficient (Wildman–Crippen LogP) is 5.90. The molecule has 3 aromatic rings. The van der Waals surface area contributed by atoms with Gasteiger partial charge in [0, 0.05) is 5.92 Å². The molecule has 1 N–H and O–H groups in total. The SMILES string of the molecule is Oc1ccc(C(C=Cc2ccccc2)C=Cc2ccccc2)cc1. The Bertz CT molecular complexity index is 750. The topological polar surface area (TPSA) is 20.2 Å². The predicted molar refractivity (Wildman–Crippen MR) is 102 cm³/mol. The number of phenolic OH excluding ortho intramolecular Hbond substituents is 1. The molecule has 0 aliphatic heterocycles. The standard InChI is InChI=1S/C23H20O/c24-23-17-15-22(16-18-23)21(13-11-19-7-3-1-4-8-19)14-12-20-9-5-2-6-10-20/h1-18,21,24H. The smallest absolute Gasteiger partial charge is 0.115 e. The van der Waals surface area contributed by atoms with Crippen LogP contribution in [0.15, 0.2) is 97.1 Å². The van der Waals surface area contributed by atoms with Crippen molar-refractivity contribution >= 4 is 12.2 Å². The molecule has 1 nitrogen and oxygen atoms in total. The van der Waals surface area contributed by atoms with Crippen molar-refractivity contribution in [1.29, 1.82) is 0 Å². The molecule has 0 spiro atoms. The summed E-state index contributed by atoms with van der Waals surface area (Å²) in [7, 11) is 0. The highest BCUT2D eigenvalue weighted by Crippen LogP contribution is 2.23. The van der Waals surface area contributed by atoms with E-state index in [-0.39, 0.29) is 11.7 Å². The van der Waals surface area contributed by atoms with Crippen molar-refractivity contribution in [2.45, 2.75) is 5.92 Å². The quantitative estimate of drug-likeness (QED) is 0.621. The van der Waals surface area contributed by atoms with Gasteiger partial charge in [-0.05, 0) is 28.8 Å². The molecule has 0 heterocycles. The number of rotatable bonds is 5. The Morgan fingerprint density at radius 3 is 1.50 bits per heavy atom. The van der Waals surface area contributed by atoms with E-state index in [2.05, 4.69) is 48.6 Å². The summed E-state index contributed by atoms with van der Waals surface area (Å²) in [4.78, 5) is 0. The van der Waals surface area contributed by atoms with Crippen molar-refractivity contribution < 1.29 is 5.11 Å². The zero-order chi connectivity index (χ0) is 16.6. The van der Waals surface area contributed by atoms with Gasteiger partial charge in [-0.3, -0.25) is 0 Å². The van der Waals surface area contributed by atoms with Crippen molar-refractivity contribution in [3.63, 3.8) is 0 Å². The Morgan fingerprint density at radius 1 is 0.583 bits per heavy atom. The van der Waals surface area contributed by atoms with Gasteiger partial charge in [0.1, 0.15) is 5.75 Å². The third-order valence-electron chi connectivity index (χ3n) is 3.87. The fraction of sp³-hybridized carbons (Fsp3) is 0.0435. The lowest BCUT2D eigenvalue weighted by molar-refractivity contribution is 0.475. The average Bonchev–Trinajstić information content (AvgIpc) is 2.64. The van der Waals surface area contributed by atoms with Crippen LogP contribution in [0.5, 0.6) is 5.75 Å². The van der Waals surface area contributed by atoms with Gasteiger partial charge in [0.25, 0.3) is 0 Å². The molecule has 24 heavy (non-hydrogen) atoms. The summed E-state index contributed by atoms with van der Waals surface area (Å²) in [5.74, 6) is 0.433. The number of aromatic hydroxyl groups is 1. The van der Waals surface area contributed by atoms with E-state index in [1.165, 1.54) is 11.1 Å². The van der Waals surface area contributed by atoms with Crippen LogP contribution in [0.2, 0.25) is 0 Å². The molecular weight excluding hydrogens is 292 g/mol. The lowest BCUT2D eigenvalue weighted by Gasteiger charge is -2.09. The highest BCUT2D eigenvalue weighted by atomic mass is 16.3. The van der Waals surface area contributed by atoms with Crippen molar-refractivity contribution in [2.75, 3.05) is 0 Å². The fourth-order valence-corrected chi connectivity index (χ4v) is 2.54. The molecule has 118 valence electrons. The molecule has 0 radical (unpaired) electrons. The first kappa shape index (κ1) is 15.8. The number of phenols is 1. The lowest BCUT2D eigenvalue weighted by atomic mass is 9.96. The van der Waals surface area contributed by atoms with Gasteiger partial charge in [0.15, 0.2) is 0 Å². The van der Waals surface area contributed by atoms with Crippen LogP contribution in [0.1, 0.15) is 22.6 Å². The van der Waals surface area contributed by atoms with Gasteiger partial charge in [-0.2, -0.15) is 0 Å². The molecule has 0 aromatic heterocycles. The number of hydrogen-bond acceptors (Lipinski definition) is 1. The largest absolute Gasteiger partial charge is 0.508 e. The molecule has 0 aliphatic rings. The molecule has 0 saturated heterocycles. The average molecular weight is 312 g/mol. The maximum absolute atomic E-state index is 9.52. The summed E-state index contributed by atoms with van der Waals surface area (Å²) in [6.45, 7) is 0. The van der Waals surface area contributed by atoms with E-state index < -0.39 is 0 Å². The van der Waals surface area contributed by atoms with Crippen molar-refractivity contribution in [2.24, 2.45) is 0 Å². The summed E-state index contributed by atoms with van der Waals surface area (Å²) in [6.07, 6.45) is 8.63. The molecular formula is C23H20O. The van der Waals surface area contributed by atoms with Gasteiger partial charge in [-0.25, -0.2) is 0 Å². The molecule has 3 aromatic carbocycles. The van der Waals surface area contributed by atoms with Gasteiger partial charge < -0.3 is 5.11 Å². The zero-order valence-electron chi connectivity index (χ0n) is 13.4. The molecule has 0 saturated carbocycles. The van der Waals surface area contributed by atoms with E-state index >= 15 is 0 Å². The van der Waals surface area contributed by atoms with Crippen LogP contribution < -0.4 is 0 Å². The van der Waals surface area contributed by atoms with E-state index in [1.807, 2.05) is 48.5 Å². The minimum atomic E-state index is 0.144. The van der Waals surface area contributed by atoms with Crippen molar-refractivity contribution in [1.82, 2.24) is 0 Å². The summed E-state index contributed by atoms with van der Waals surface area (Å²) >= 11 is 0. The highest BCUT2D eigenvalue weighted by molar-refractivity contribution is 5.55. The third-order valence-corrected chi connectivity index (χ3v) is 3.87. The number of hydrogen-bond donors (Lipinski definition) is 1. The lowest BCUT2D eigenvalue weighted by Crippen LogP contribution is -1.90. The molecule has 0 amide bonds. The van der Waals surface area contributed by atoms with Crippen LogP contribution in [0.3, 0.4) is 0 Å². The van der Waals surface area contributed by atoms with Gasteiger partial charge in [-0.1, -0.05) is 97.1 Å². The molecule has 1 heteroatoms. The molecule has 0 fully saturated rings. The van der Waals surface area contributed by atoms with Crippen molar-refractivity contribution in [3.8, 4) is 5.75 Å². The Morgan fingerprint density at radius 2 is 1.04 bits per heavy atom.